The first-order valence-electron chi connectivity index (χ1n) is 6.59. The Morgan fingerprint density at radius 1 is 1.09 bits per heavy atom. The lowest BCUT2D eigenvalue weighted by atomic mass is 10.2. The smallest absolute Gasteiger partial charge is 0.313 e. The van der Waals surface area contributed by atoms with Crippen molar-refractivity contribution < 1.29 is 14.7 Å². The molecule has 0 saturated heterocycles. The predicted octanol–water partition coefficient (Wildman–Crippen LogP) is 2.61. The highest BCUT2D eigenvalue weighted by atomic mass is 35.5. The zero-order valence-corrected chi connectivity index (χ0v) is 12.6. The van der Waals surface area contributed by atoms with Crippen molar-refractivity contribution >= 4 is 29.1 Å². The van der Waals surface area contributed by atoms with Gasteiger partial charge in [0, 0.05) is 11.6 Å². The monoisotopic (exact) mass is 318 g/mol. The molecule has 0 spiro atoms. The van der Waals surface area contributed by atoms with Gasteiger partial charge < -0.3 is 15.7 Å². The molecule has 0 aliphatic rings. The Morgan fingerprint density at radius 3 is 2.41 bits per heavy atom. The van der Waals surface area contributed by atoms with Crippen molar-refractivity contribution in [2.24, 2.45) is 0 Å². The zero-order valence-electron chi connectivity index (χ0n) is 11.9. The maximum atomic E-state index is 11.8. The van der Waals surface area contributed by atoms with Gasteiger partial charge in [0.05, 0.1) is 5.69 Å². The Morgan fingerprint density at radius 2 is 1.77 bits per heavy atom. The number of nitrogens with one attached hydrogen (secondary N) is 2. The molecule has 0 radical (unpaired) electrons. The van der Waals surface area contributed by atoms with Crippen LogP contribution in [0.15, 0.2) is 42.5 Å². The number of hydrogen-bond donors (Lipinski definition) is 3. The number of aromatic hydroxyl groups is 1. The summed E-state index contributed by atoms with van der Waals surface area (Å²) in [6, 6.07) is 11.7. The van der Waals surface area contributed by atoms with Crippen molar-refractivity contribution in [3.63, 3.8) is 0 Å². The van der Waals surface area contributed by atoms with Crippen LogP contribution in [-0.4, -0.2) is 16.9 Å². The summed E-state index contributed by atoms with van der Waals surface area (Å²) < 4.78 is 0. The fraction of sp³-hybridized carbons (Fsp3) is 0.125. The number of rotatable bonds is 3. The van der Waals surface area contributed by atoms with Crippen LogP contribution in [0.5, 0.6) is 5.75 Å². The number of benzene rings is 2. The summed E-state index contributed by atoms with van der Waals surface area (Å²) in [7, 11) is 0. The van der Waals surface area contributed by atoms with Crippen molar-refractivity contribution in [1.29, 1.82) is 0 Å². The summed E-state index contributed by atoms with van der Waals surface area (Å²) in [5.41, 5.74) is 1.86. The third kappa shape index (κ3) is 4.23. The maximum absolute atomic E-state index is 11.8. The SMILES string of the molecule is Cc1ccc(NC(=O)C(=O)NCc2ccc(Cl)cc2)c(O)c1. The number of halogens is 1. The topological polar surface area (TPSA) is 78.4 Å². The van der Waals surface area contributed by atoms with E-state index < -0.39 is 11.8 Å². The number of carbonyl (C=O) groups is 2. The molecule has 0 bridgehead atoms. The fourth-order valence-electron chi connectivity index (χ4n) is 1.79. The van der Waals surface area contributed by atoms with E-state index in [4.69, 9.17) is 11.6 Å². The molecule has 0 aliphatic heterocycles. The molecule has 2 aromatic rings. The van der Waals surface area contributed by atoms with Gasteiger partial charge in [-0.3, -0.25) is 9.59 Å². The predicted molar refractivity (Wildman–Crippen MR) is 84.8 cm³/mol. The molecule has 2 rings (SSSR count). The maximum Gasteiger partial charge on any atom is 0.313 e. The van der Waals surface area contributed by atoms with Gasteiger partial charge in [-0.1, -0.05) is 29.8 Å². The Balaban J connectivity index is 1.92. The lowest BCUT2D eigenvalue weighted by Gasteiger charge is -2.08. The molecule has 5 nitrogen and oxygen atoms in total. The second-order valence-corrected chi connectivity index (χ2v) is 5.22. The normalized spacial score (nSPS) is 10.1. The molecular weight excluding hydrogens is 304 g/mol. The standard InChI is InChI=1S/C16H15ClN2O3/c1-10-2-7-13(14(20)8-10)19-16(22)15(21)18-9-11-3-5-12(17)6-4-11/h2-8,20H,9H2,1H3,(H,18,21)(H,19,22). The van der Waals surface area contributed by atoms with E-state index in [1.807, 2.05) is 6.92 Å². The molecule has 0 heterocycles. The minimum absolute atomic E-state index is 0.0844. The lowest BCUT2D eigenvalue weighted by Crippen LogP contribution is -2.34. The van der Waals surface area contributed by atoms with E-state index in [-0.39, 0.29) is 18.0 Å². The molecule has 0 fully saturated rings. The first-order chi connectivity index (χ1) is 10.5. The van der Waals surface area contributed by atoms with Crippen LogP contribution in [0, 0.1) is 6.92 Å². The van der Waals surface area contributed by atoms with Gasteiger partial charge in [0.1, 0.15) is 5.75 Å². The van der Waals surface area contributed by atoms with Crippen LogP contribution < -0.4 is 10.6 Å². The summed E-state index contributed by atoms with van der Waals surface area (Å²) in [4.78, 5) is 23.5. The number of phenols is 1. The summed E-state index contributed by atoms with van der Waals surface area (Å²) >= 11 is 5.77. The van der Waals surface area contributed by atoms with Crippen molar-refractivity contribution in [3.8, 4) is 5.75 Å². The summed E-state index contributed by atoms with van der Waals surface area (Å²) in [5.74, 6) is -1.71. The summed E-state index contributed by atoms with van der Waals surface area (Å²) in [5, 5.41) is 15.2. The van der Waals surface area contributed by atoms with Gasteiger partial charge in [-0.25, -0.2) is 0 Å². The molecule has 6 heteroatoms. The van der Waals surface area contributed by atoms with E-state index >= 15 is 0 Å². The summed E-state index contributed by atoms with van der Waals surface area (Å²) in [6.07, 6.45) is 0. The van der Waals surface area contributed by atoms with Crippen LogP contribution in [-0.2, 0) is 16.1 Å². The molecule has 0 aromatic heterocycles. The van der Waals surface area contributed by atoms with E-state index in [0.717, 1.165) is 11.1 Å². The minimum Gasteiger partial charge on any atom is -0.506 e. The third-order valence-electron chi connectivity index (χ3n) is 2.97. The molecular formula is C16H15ClN2O3. The summed E-state index contributed by atoms with van der Waals surface area (Å²) in [6.45, 7) is 2.02. The molecule has 0 unspecified atom stereocenters. The number of anilines is 1. The lowest BCUT2D eigenvalue weighted by molar-refractivity contribution is -0.136. The van der Waals surface area contributed by atoms with Crippen LogP contribution in [0.4, 0.5) is 5.69 Å². The van der Waals surface area contributed by atoms with Gasteiger partial charge in [-0.15, -0.1) is 0 Å². The van der Waals surface area contributed by atoms with Crippen molar-refractivity contribution in [3.05, 3.63) is 58.6 Å². The molecule has 2 aromatic carbocycles. The molecule has 0 aliphatic carbocycles. The number of hydrogen-bond acceptors (Lipinski definition) is 3. The fourth-order valence-corrected chi connectivity index (χ4v) is 1.92. The quantitative estimate of drug-likeness (QED) is 0.601. The van der Waals surface area contributed by atoms with E-state index in [9.17, 15) is 14.7 Å². The largest absolute Gasteiger partial charge is 0.506 e. The van der Waals surface area contributed by atoms with Crippen LogP contribution >= 0.6 is 11.6 Å². The Labute approximate surface area is 132 Å². The van der Waals surface area contributed by atoms with E-state index in [2.05, 4.69) is 10.6 Å². The first-order valence-corrected chi connectivity index (χ1v) is 6.97. The zero-order chi connectivity index (χ0) is 16.1. The average Bonchev–Trinajstić information content (AvgIpc) is 2.49. The molecule has 0 atom stereocenters. The van der Waals surface area contributed by atoms with Crippen LogP contribution in [0.1, 0.15) is 11.1 Å². The molecule has 114 valence electrons. The Hall–Kier alpha value is -2.53. The number of aryl methyl sites for hydroxylation is 1. The van der Waals surface area contributed by atoms with Crippen molar-refractivity contribution in [2.75, 3.05) is 5.32 Å². The van der Waals surface area contributed by atoms with Gasteiger partial charge in [-0.2, -0.15) is 0 Å². The van der Waals surface area contributed by atoms with E-state index in [1.54, 1.807) is 30.3 Å². The average molecular weight is 319 g/mol. The van der Waals surface area contributed by atoms with Gasteiger partial charge >= 0.3 is 11.8 Å². The molecule has 3 N–H and O–H groups in total. The van der Waals surface area contributed by atoms with Crippen molar-refractivity contribution in [2.45, 2.75) is 13.5 Å². The van der Waals surface area contributed by atoms with Gasteiger partial charge in [0.15, 0.2) is 0 Å². The van der Waals surface area contributed by atoms with Crippen LogP contribution in [0.25, 0.3) is 0 Å². The van der Waals surface area contributed by atoms with Gasteiger partial charge in [-0.05, 0) is 42.3 Å². The molecule has 2 amide bonds. The number of carbonyl (C=O) groups excluding carboxylic acids is 2. The second kappa shape index (κ2) is 6.95. The van der Waals surface area contributed by atoms with Gasteiger partial charge in [0.2, 0.25) is 0 Å². The first kappa shape index (κ1) is 15.9. The highest BCUT2D eigenvalue weighted by Crippen LogP contribution is 2.23. The Kier molecular flexibility index (Phi) is 5.01. The van der Waals surface area contributed by atoms with Gasteiger partial charge in [0.25, 0.3) is 0 Å². The molecule has 22 heavy (non-hydrogen) atoms. The number of phenolic OH excluding ortho intramolecular Hbond substituents is 1. The Bertz CT molecular complexity index is 699. The number of amides is 2. The highest BCUT2D eigenvalue weighted by molar-refractivity contribution is 6.39. The van der Waals surface area contributed by atoms with Crippen LogP contribution in [0.3, 0.4) is 0 Å². The minimum atomic E-state index is -0.840. The third-order valence-corrected chi connectivity index (χ3v) is 3.23. The van der Waals surface area contributed by atoms with Crippen LogP contribution in [0.2, 0.25) is 5.02 Å². The van der Waals surface area contributed by atoms with E-state index in [0.29, 0.717) is 5.02 Å². The second-order valence-electron chi connectivity index (χ2n) is 4.78. The van der Waals surface area contributed by atoms with E-state index in [1.165, 1.54) is 12.1 Å². The van der Waals surface area contributed by atoms with Crippen molar-refractivity contribution in [1.82, 2.24) is 5.32 Å². The highest BCUT2D eigenvalue weighted by Gasteiger charge is 2.15. The molecule has 0 saturated carbocycles.